The molecule has 2 heterocycles. The second-order valence-corrected chi connectivity index (χ2v) is 4.19. The van der Waals surface area contributed by atoms with Gasteiger partial charge in [0.1, 0.15) is 0 Å². The maximum Gasteiger partial charge on any atom is 0.0733 e. The standard InChI is InChI=1S/C10H19NO2/c1-2-7(12)6-11-9-5-8-3-4-10(9)13-8/h7-12H,2-6H2,1H3. The summed E-state index contributed by atoms with van der Waals surface area (Å²) in [6, 6.07) is 0.500. The van der Waals surface area contributed by atoms with Crippen molar-refractivity contribution in [1.29, 1.82) is 0 Å². The molecule has 3 nitrogen and oxygen atoms in total. The lowest BCUT2D eigenvalue weighted by molar-refractivity contribution is 0.0940. The van der Waals surface area contributed by atoms with Gasteiger partial charge >= 0.3 is 0 Å². The molecule has 0 amide bonds. The summed E-state index contributed by atoms with van der Waals surface area (Å²) < 4.78 is 5.71. The molecule has 2 saturated heterocycles. The lowest BCUT2D eigenvalue weighted by atomic mass is 9.95. The van der Waals surface area contributed by atoms with Gasteiger partial charge in [0.25, 0.3) is 0 Å². The van der Waals surface area contributed by atoms with Crippen molar-refractivity contribution >= 4 is 0 Å². The molecule has 2 rings (SSSR count). The topological polar surface area (TPSA) is 41.5 Å². The SMILES string of the molecule is CCC(O)CNC1CC2CCC1O2. The van der Waals surface area contributed by atoms with Crippen LogP contribution >= 0.6 is 0 Å². The molecule has 2 N–H and O–H groups in total. The zero-order valence-corrected chi connectivity index (χ0v) is 8.20. The average molecular weight is 185 g/mol. The minimum atomic E-state index is -0.195. The lowest BCUT2D eigenvalue weighted by Gasteiger charge is -2.21. The molecule has 13 heavy (non-hydrogen) atoms. The first kappa shape index (κ1) is 9.44. The van der Waals surface area contributed by atoms with Crippen LogP contribution in [0.5, 0.6) is 0 Å². The highest BCUT2D eigenvalue weighted by Gasteiger charge is 2.40. The van der Waals surface area contributed by atoms with E-state index in [0.717, 1.165) is 12.8 Å². The fraction of sp³-hybridized carbons (Fsp3) is 1.00. The van der Waals surface area contributed by atoms with Crippen LogP contribution in [-0.2, 0) is 4.74 Å². The van der Waals surface area contributed by atoms with Crippen LogP contribution in [0.25, 0.3) is 0 Å². The second-order valence-electron chi connectivity index (χ2n) is 4.19. The van der Waals surface area contributed by atoms with Crippen molar-refractivity contribution in [3.63, 3.8) is 0 Å². The number of nitrogens with one attached hydrogen (secondary N) is 1. The van der Waals surface area contributed by atoms with Gasteiger partial charge in [-0.25, -0.2) is 0 Å². The molecule has 0 aromatic heterocycles. The van der Waals surface area contributed by atoms with Crippen LogP contribution in [0.1, 0.15) is 32.6 Å². The summed E-state index contributed by atoms with van der Waals surface area (Å²) in [6.07, 6.45) is 5.13. The molecule has 76 valence electrons. The van der Waals surface area contributed by atoms with Crippen molar-refractivity contribution in [2.45, 2.75) is 57.0 Å². The van der Waals surface area contributed by atoms with E-state index in [-0.39, 0.29) is 6.10 Å². The first-order valence-corrected chi connectivity index (χ1v) is 5.36. The van der Waals surface area contributed by atoms with Crippen LogP contribution in [0.4, 0.5) is 0 Å². The summed E-state index contributed by atoms with van der Waals surface area (Å²) >= 11 is 0. The molecule has 2 aliphatic rings. The molecule has 0 saturated carbocycles. The predicted molar refractivity (Wildman–Crippen MR) is 50.6 cm³/mol. The van der Waals surface area contributed by atoms with Crippen LogP contribution in [-0.4, -0.2) is 36.0 Å². The molecule has 0 aromatic rings. The van der Waals surface area contributed by atoms with Crippen molar-refractivity contribution in [3.05, 3.63) is 0 Å². The molecule has 2 bridgehead atoms. The van der Waals surface area contributed by atoms with Crippen LogP contribution in [0.15, 0.2) is 0 Å². The number of hydrogen-bond donors (Lipinski definition) is 2. The monoisotopic (exact) mass is 185 g/mol. The zero-order valence-electron chi connectivity index (χ0n) is 8.20. The van der Waals surface area contributed by atoms with Gasteiger partial charge in [0.15, 0.2) is 0 Å². The number of aliphatic hydroxyl groups excluding tert-OH is 1. The fourth-order valence-corrected chi connectivity index (χ4v) is 2.28. The third kappa shape index (κ3) is 2.03. The largest absolute Gasteiger partial charge is 0.392 e. The van der Waals surface area contributed by atoms with E-state index >= 15 is 0 Å². The zero-order chi connectivity index (χ0) is 9.26. The Hall–Kier alpha value is -0.120. The Labute approximate surface area is 79.5 Å². The molecule has 0 aromatic carbocycles. The summed E-state index contributed by atoms with van der Waals surface area (Å²) in [5.41, 5.74) is 0. The highest BCUT2D eigenvalue weighted by Crippen LogP contribution is 2.34. The van der Waals surface area contributed by atoms with Gasteiger partial charge in [-0.3, -0.25) is 0 Å². The first-order chi connectivity index (χ1) is 6.29. The number of hydrogen-bond acceptors (Lipinski definition) is 3. The van der Waals surface area contributed by atoms with Crippen LogP contribution in [0.2, 0.25) is 0 Å². The van der Waals surface area contributed by atoms with Gasteiger partial charge in [-0.2, -0.15) is 0 Å². The van der Waals surface area contributed by atoms with Crippen molar-refractivity contribution in [2.24, 2.45) is 0 Å². The first-order valence-electron chi connectivity index (χ1n) is 5.36. The third-order valence-electron chi connectivity index (χ3n) is 3.19. The van der Waals surface area contributed by atoms with Gasteiger partial charge in [-0.05, 0) is 25.7 Å². The van der Waals surface area contributed by atoms with E-state index in [1.165, 1.54) is 12.8 Å². The molecular weight excluding hydrogens is 166 g/mol. The molecule has 4 unspecified atom stereocenters. The van der Waals surface area contributed by atoms with E-state index in [1.807, 2.05) is 6.92 Å². The van der Waals surface area contributed by atoms with Gasteiger partial charge in [0.05, 0.1) is 18.3 Å². The Balaban J connectivity index is 1.71. The minimum absolute atomic E-state index is 0.195. The number of ether oxygens (including phenoxy) is 1. The van der Waals surface area contributed by atoms with E-state index in [4.69, 9.17) is 4.74 Å². The molecule has 4 atom stereocenters. The molecule has 0 aliphatic carbocycles. The van der Waals surface area contributed by atoms with Crippen LogP contribution in [0.3, 0.4) is 0 Å². The average Bonchev–Trinajstić information content (AvgIpc) is 2.74. The number of fused-ring (bicyclic) bond motifs is 2. The van der Waals surface area contributed by atoms with Crippen LogP contribution in [0, 0.1) is 0 Å². The number of aliphatic hydroxyl groups is 1. The van der Waals surface area contributed by atoms with Gasteiger partial charge in [-0.1, -0.05) is 6.92 Å². The van der Waals surface area contributed by atoms with E-state index < -0.39 is 0 Å². The quantitative estimate of drug-likeness (QED) is 0.676. The minimum Gasteiger partial charge on any atom is -0.392 e. The van der Waals surface area contributed by atoms with Crippen molar-refractivity contribution < 1.29 is 9.84 Å². The summed E-state index contributed by atoms with van der Waals surface area (Å²) in [4.78, 5) is 0. The maximum atomic E-state index is 9.39. The molecule has 2 fully saturated rings. The summed E-state index contributed by atoms with van der Waals surface area (Å²) in [5.74, 6) is 0. The van der Waals surface area contributed by atoms with E-state index in [0.29, 0.717) is 24.8 Å². The lowest BCUT2D eigenvalue weighted by Crippen LogP contribution is -2.41. The van der Waals surface area contributed by atoms with Crippen molar-refractivity contribution in [2.75, 3.05) is 6.54 Å². The smallest absolute Gasteiger partial charge is 0.0733 e. The Bertz CT molecular complexity index is 174. The van der Waals surface area contributed by atoms with E-state index in [9.17, 15) is 5.11 Å². The Morgan fingerprint density at radius 2 is 2.38 bits per heavy atom. The van der Waals surface area contributed by atoms with E-state index in [1.54, 1.807) is 0 Å². The van der Waals surface area contributed by atoms with Crippen molar-refractivity contribution in [3.8, 4) is 0 Å². The molecular formula is C10H19NO2. The van der Waals surface area contributed by atoms with Gasteiger partial charge in [0, 0.05) is 12.6 Å². The highest BCUT2D eigenvalue weighted by molar-refractivity contribution is 4.94. The van der Waals surface area contributed by atoms with Crippen molar-refractivity contribution in [1.82, 2.24) is 5.32 Å². The summed E-state index contributed by atoms with van der Waals surface area (Å²) in [5, 5.41) is 12.8. The molecule has 3 heteroatoms. The molecule has 2 aliphatic heterocycles. The predicted octanol–water partition coefficient (Wildman–Crippen LogP) is 0.667. The maximum absolute atomic E-state index is 9.39. The van der Waals surface area contributed by atoms with Crippen LogP contribution < -0.4 is 5.32 Å². The highest BCUT2D eigenvalue weighted by atomic mass is 16.5. The van der Waals surface area contributed by atoms with Gasteiger partial charge in [0.2, 0.25) is 0 Å². The van der Waals surface area contributed by atoms with E-state index in [2.05, 4.69) is 5.32 Å². The fourth-order valence-electron chi connectivity index (χ4n) is 2.28. The van der Waals surface area contributed by atoms with Gasteiger partial charge in [-0.15, -0.1) is 0 Å². The number of rotatable bonds is 4. The van der Waals surface area contributed by atoms with Gasteiger partial charge < -0.3 is 15.2 Å². The summed E-state index contributed by atoms with van der Waals surface area (Å²) in [6.45, 7) is 2.72. The molecule has 0 spiro atoms. The molecule has 0 radical (unpaired) electrons. The summed E-state index contributed by atoms with van der Waals surface area (Å²) in [7, 11) is 0. The normalized spacial score (nSPS) is 39.7. The Morgan fingerprint density at radius 1 is 1.54 bits per heavy atom. The third-order valence-corrected chi connectivity index (χ3v) is 3.19. The second kappa shape index (κ2) is 3.95. The Morgan fingerprint density at radius 3 is 2.92 bits per heavy atom. The Kier molecular flexibility index (Phi) is 2.86.